The van der Waals surface area contributed by atoms with Gasteiger partial charge in [0.15, 0.2) is 0 Å². The fraction of sp³-hybridized carbons (Fsp3) is 0.182. The number of halogens is 1. The van der Waals surface area contributed by atoms with E-state index in [4.69, 9.17) is 5.73 Å². The van der Waals surface area contributed by atoms with Crippen LogP contribution in [0.5, 0.6) is 0 Å². The predicted molar refractivity (Wildman–Crippen MR) is 68.3 cm³/mol. The van der Waals surface area contributed by atoms with Gasteiger partial charge in [0.2, 0.25) is 10.0 Å². The summed E-state index contributed by atoms with van der Waals surface area (Å²) < 4.78 is 39.3. The van der Waals surface area contributed by atoms with E-state index in [0.717, 1.165) is 6.07 Å². The van der Waals surface area contributed by atoms with Gasteiger partial charge < -0.3 is 10.7 Å². The van der Waals surface area contributed by atoms with E-state index in [-0.39, 0.29) is 17.1 Å². The molecule has 4 N–H and O–H groups in total. The Morgan fingerprint density at radius 3 is 2.84 bits per heavy atom. The SMILES string of the molecule is Nc1ccc(S(=O)(=O)NCCc2ncc[nH]2)cc1F. The first-order valence-corrected chi connectivity index (χ1v) is 7.00. The number of nitrogen functional groups attached to an aromatic ring is 1. The summed E-state index contributed by atoms with van der Waals surface area (Å²) in [5.41, 5.74) is 5.21. The van der Waals surface area contributed by atoms with E-state index in [9.17, 15) is 12.8 Å². The van der Waals surface area contributed by atoms with Crippen LogP contribution in [0.1, 0.15) is 5.82 Å². The molecule has 102 valence electrons. The Morgan fingerprint density at radius 1 is 1.42 bits per heavy atom. The van der Waals surface area contributed by atoms with Crippen molar-refractivity contribution in [2.45, 2.75) is 11.3 Å². The van der Waals surface area contributed by atoms with Crippen LogP contribution in [0.4, 0.5) is 10.1 Å². The van der Waals surface area contributed by atoms with Crippen molar-refractivity contribution in [3.8, 4) is 0 Å². The monoisotopic (exact) mass is 284 g/mol. The minimum absolute atomic E-state index is 0.0884. The van der Waals surface area contributed by atoms with Crippen molar-refractivity contribution in [2.75, 3.05) is 12.3 Å². The van der Waals surface area contributed by atoms with Gasteiger partial charge in [-0.3, -0.25) is 0 Å². The van der Waals surface area contributed by atoms with Gasteiger partial charge in [0.25, 0.3) is 0 Å². The number of H-pyrrole nitrogens is 1. The van der Waals surface area contributed by atoms with Gasteiger partial charge in [-0.25, -0.2) is 22.5 Å². The molecule has 1 aromatic heterocycles. The molecular formula is C11H13FN4O2S. The molecule has 6 nitrogen and oxygen atoms in total. The number of aromatic nitrogens is 2. The van der Waals surface area contributed by atoms with E-state index in [1.54, 1.807) is 12.4 Å². The Hall–Kier alpha value is -1.93. The van der Waals surface area contributed by atoms with E-state index >= 15 is 0 Å². The quantitative estimate of drug-likeness (QED) is 0.702. The number of aromatic amines is 1. The molecule has 0 radical (unpaired) electrons. The van der Waals surface area contributed by atoms with Crippen LogP contribution in [0, 0.1) is 5.82 Å². The highest BCUT2D eigenvalue weighted by atomic mass is 32.2. The van der Waals surface area contributed by atoms with Crippen molar-refractivity contribution in [3.63, 3.8) is 0 Å². The Balaban J connectivity index is 2.03. The third kappa shape index (κ3) is 3.30. The van der Waals surface area contributed by atoms with Crippen molar-refractivity contribution < 1.29 is 12.8 Å². The Bertz CT molecular complexity index is 655. The molecule has 0 saturated carbocycles. The Morgan fingerprint density at radius 2 is 2.21 bits per heavy atom. The molecule has 0 amide bonds. The van der Waals surface area contributed by atoms with Gasteiger partial charge in [-0.15, -0.1) is 0 Å². The zero-order chi connectivity index (χ0) is 13.9. The highest BCUT2D eigenvalue weighted by Crippen LogP contribution is 2.15. The number of benzene rings is 1. The molecule has 0 spiro atoms. The van der Waals surface area contributed by atoms with Gasteiger partial charge >= 0.3 is 0 Å². The van der Waals surface area contributed by atoms with Crippen molar-refractivity contribution in [1.82, 2.24) is 14.7 Å². The smallest absolute Gasteiger partial charge is 0.240 e. The molecule has 0 atom stereocenters. The first kappa shape index (κ1) is 13.5. The molecule has 0 bridgehead atoms. The lowest BCUT2D eigenvalue weighted by molar-refractivity contribution is 0.577. The average Bonchev–Trinajstić information content (AvgIpc) is 2.85. The fourth-order valence-corrected chi connectivity index (χ4v) is 2.54. The third-order valence-electron chi connectivity index (χ3n) is 2.49. The summed E-state index contributed by atoms with van der Waals surface area (Å²) in [6, 6.07) is 3.37. The lowest BCUT2D eigenvalue weighted by atomic mass is 10.3. The number of hydrogen-bond donors (Lipinski definition) is 3. The number of nitrogens with one attached hydrogen (secondary N) is 2. The summed E-state index contributed by atoms with van der Waals surface area (Å²) in [6.45, 7) is 0.168. The molecule has 19 heavy (non-hydrogen) atoms. The molecule has 1 aromatic carbocycles. The first-order chi connectivity index (χ1) is 8.99. The zero-order valence-electron chi connectivity index (χ0n) is 9.93. The van der Waals surface area contributed by atoms with Crippen LogP contribution in [0.3, 0.4) is 0 Å². The Labute approximate surface area is 109 Å². The zero-order valence-corrected chi connectivity index (χ0v) is 10.7. The lowest BCUT2D eigenvalue weighted by Gasteiger charge is -2.06. The van der Waals surface area contributed by atoms with Gasteiger partial charge in [-0.05, 0) is 18.2 Å². The standard InChI is InChI=1S/C11H13FN4O2S/c12-9-7-8(1-2-10(9)13)19(17,18)16-4-3-11-14-5-6-15-11/h1-2,5-7,16H,3-4,13H2,(H,14,15). The second-order valence-electron chi connectivity index (χ2n) is 3.87. The van der Waals surface area contributed by atoms with E-state index in [1.165, 1.54) is 12.1 Å². The highest BCUT2D eigenvalue weighted by molar-refractivity contribution is 7.89. The average molecular weight is 284 g/mol. The highest BCUT2D eigenvalue weighted by Gasteiger charge is 2.15. The molecular weight excluding hydrogens is 271 g/mol. The summed E-state index contributed by atoms with van der Waals surface area (Å²) in [6.07, 6.45) is 3.65. The lowest BCUT2D eigenvalue weighted by Crippen LogP contribution is -2.26. The second kappa shape index (κ2) is 5.37. The summed E-state index contributed by atoms with van der Waals surface area (Å²) in [5, 5.41) is 0. The van der Waals surface area contributed by atoms with Crippen molar-refractivity contribution in [3.05, 3.63) is 42.2 Å². The summed E-state index contributed by atoms with van der Waals surface area (Å²) in [5.74, 6) is -0.0832. The van der Waals surface area contributed by atoms with Gasteiger partial charge in [-0.1, -0.05) is 0 Å². The molecule has 0 saturated heterocycles. The van der Waals surface area contributed by atoms with Crippen LogP contribution in [0.2, 0.25) is 0 Å². The van der Waals surface area contributed by atoms with E-state index < -0.39 is 15.8 Å². The molecule has 0 aliphatic heterocycles. The molecule has 2 rings (SSSR count). The second-order valence-corrected chi connectivity index (χ2v) is 5.63. The predicted octanol–water partition coefficient (Wildman–Crippen LogP) is 0.652. The topological polar surface area (TPSA) is 101 Å². The van der Waals surface area contributed by atoms with Gasteiger partial charge in [0.05, 0.1) is 10.6 Å². The minimum Gasteiger partial charge on any atom is -0.396 e. The van der Waals surface area contributed by atoms with Crippen LogP contribution in [0.25, 0.3) is 0 Å². The van der Waals surface area contributed by atoms with Crippen LogP contribution in [-0.4, -0.2) is 24.9 Å². The van der Waals surface area contributed by atoms with Crippen molar-refractivity contribution in [1.29, 1.82) is 0 Å². The number of anilines is 1. The van der Waals surface area contributed by atoms with E-state index in [0.29, 0.717) is 12.2 Å². The summed E-state index contributed by atoms with van der Waals surface area (Å²) >= 11 is 0. The van der Waals surface area contributed by atoms with Gasteiger partial charge in [0.1, 0.15) is 11.6 Å². The molecule has 8 heteroatoms. The molecule has 0 fully saturated rings. The number of hydrogen-bond acceptors (Lipinski definition) is 4. The molecule has 0 aliphatic rings. The molecule has 2 aromatic rings. The molecule has 0 aliphatic carbocycles. The third-order valence-corrected chi connectivity index (χ3v) is 3.95. The van der Waals surface area contributed by atoms with Crippen LogP contribution >= 0.6 is 0 Å². The first-order valence-electron chi connectivity index (χ1n) is 5.52. The van der Waals surface area contributed by atoms with Crippen molar-refractivity contribution >= 4 is 15.7 Å². The van der Waals surface area contributed by atoms with Crippen LogP contribution in [-0.2, 0) is 16.4 Å². The Kier molecular flexibility index (Phi) is 3.82. The van der Waals surface area contributed by atoms with Crippen molar-refractivity contribution in [2.24, 2.45) is 0 Å². The maximum absolute atomic E-state index is 13.2. The van der Waals surface area contributed by atoms with E-state index in [2.05, 4.69) is 14.7 Å². The van der Waals surface area contributed by atoms with Gasteiger partial charge in [-0.2, -0.15) is 0 Å². The number of nitrogens with zero attached hydrogens (tertiary/aromatic N) is 1. The number of sulfonamides is 1. The van der Waals surface area contributed by atoms with E-state index in [1.807, 2.05) is 0 Å². The van der Waals surface area contributed by atoms with Gasteiger partial charge in [0, 0.05) is 25.4 Å². The fourth-order valence-electron chi connectivity index (χ4n) is 1.50. The summed E-state index contributed by atoms with van der Waals surface area (Å²) in [7, 11) is -3.74. The van der Waals surface area contributed by atoms with Crippen LogP contribution < -0.4 is 10.5 Å². The van der Waals surface area contributed by atoms with Crippen LogP contribution in [0.15, 0.2) is 35.5 Å². The number of nitrogens with two attached hydrogens (primary N) is 1. The minimum atomic E-state index is -3.74. The molecule has 1 heterocycles. The normalized spacial score (nSPS) is 11.6. The maximum atomic E-state index is 13.2. The number of rotatable bonds is 5. The summed E-state index contributed by atoms with van der Waals surface area (Å²) in [4.78, 5) is 6.67. The largest absolute Gasteiger partial charge is 0.396 e. The number of imidazole rings is 1. The maximum Gasteiger partial charge on any atom is 0.240 e. The molecule has 0 unspecified atom stereocenters.